The van der Waals surface area contributed by atoms with Crippen LogP contribution in [0.25, 0.3) is 0 Å². The van der Waals surface area contributed by atoms with Gasteiger partial charge < -0.3 is 10.5 Å². The van der Waals surface area contributed by atoms with Crippen LogP contribution in [0.2, 0.25) is 0 Å². The van der Waals surface area contributed by atoms with Crippen LogP contribution >= 0.6 is 11.3 Å². The predicted molar refractivity (Wildman–Crippen MR) is 42.1 cm³/mol. The molecule has 1 atom stereocenters. The van der Waals surface area contributed by atoms with Gasteiger partial charge in [-0.2, -0.15) is 0 Å². The average molecular weight is 155 g/mol. The molecule has 1 aromatic rings. The number of carbonyl (C=O) groups excluding carboxylic acids is 1. The molecule has 0 radical (unpaired) electrons. The van der Waals surface area contributed by atoms with Gasteiger partial charge in [0.2, 0.25) is 0 Å². The number of hydrogen-bond acceptors (Lipinski definition) is 3. The Kier molecular flexibility index (Phi) is 2.59. The summed E-state index contributed by atoms with van der Waals surface area (Å²) in [5, 5.41) is 1.98. The van der Waals surface area contributed by atoms with Gasteiger partial charge in [-0.15, -0.1) is 11.3 Å². The lowest BCUT2D eigenvalue weighted by Crippen LogP contribution is -2.23. The zero-order valence-electron chi connectivity index (χ0n) is 5.49. The van der Waals surface area contributed by atoms with Crippen LogP contribution in [0.1, 0.15) is 4.88 Å². The van der Waals surface area contributed by atoms with Gasteiger partial charge in [0.1, 0.15) is 6.29 Å². The highest BCUT2D eigenvalue weighted by Crippen LogP contribution is 2.09. The molecular formula is C7H9NOS. The second kappa shape index (κ2) is 3.49. The molecule has 0 aromatic carbocycles. The molecule has 2 N–H and O–H groups in total. The van der Waals surface area contributed by atoms with Gasteiger partial charge in [-0.25, -0.2) is 0 Å². The molecule has 0 saturated carbocycles. The van der Waals surface area contributed by atoms with E-state index in [0.717, 1.165) is 6.29 Å². The first-order valence-electron chi connectivity index (χ1n) is 3.06. The molecule has 1 rings (SSSR count). The Morgan fingerprint density at radius 1 is 1.80 bits per heavy atom. The molecule has 3 heteroatoms. The summed E-state index contributed by atoms with van der Waals surface area (Å²) in [6.07, 6.45) is 1.45. The van der Waals surface area contributed by atoms with Crippen LogP contribution in [0.4, 0.5) is 0 Å². The SMILES string of the molecule is N[C@H](C=O)Cc1cccs1. The topological polar surface area (TPSA) is 43.1 Å². The maximum atomic E-state index is 10.1. The van der Waals surface area contributed by atoms with E-state index in [0.29, 0.717) is 6.42 Å². The van der Waals surface area contributed by atoms with Crippen LogP contribution in [0.3, 0.4) is 0 Å². The zero-order chi connectivity index (χ0) is 7.40. The Morgan fingerprint density at radius 2 is 2.60 bits per heavy atom. The molecule has 1 aromatic heterocycles. The minimum Gasteiger partial charge on any atom is -0.321 e. The summed E-state index contributed by atoms with van der Waals surface area (Å²) in [6, 6.07) is 3.60. The van der Waals surface area contributed by atoms with E-state index in [1.54, 1.807) is 11.3 Å². The monoisotopic (exact) mass is 155 g/mol. The highest BCUT2D eigenvalue weighted by atomic mass is 32.1. The molecule has 2 nitrogen and oxygen atoms in total. The highest BCUT2D eigenvalue weighted by molar-refractivity contribution is 7.09. The summed E-state index contributed by atoms with van der Waals surface area (Å²) in [5.41, 5.74) is 5.40. The third-order valence-electron chi connectivity index (χ3n) is 1.19. The smallest absolute Gasteiger partial charge is 0.137 e. The summed E-state index contributed by atoms with van der Waals surface area (Å²) >= 11 is 1.63. The first-order valence-corrected chi connectivity index (χ1v) is 3.94. The van der Waals surface area contributed by atoms with E-state index in [4.69, 9.17) is 5.73 Å². The summed E-state index contributed by atoms with van der Waals surface area (Å²) in [4.78, 5) is 11.3. The predicted octanol–water partition coefficient (Wildman–Crippen LogP) is 0.817. The molecular weight excluding hydrogens is 146 g/mol. The molecule has 0 amide bonds. The first kappa shape index (κ1) is 7.44. The summed E-state index contributed by atoms with van der Waals surface area (Å²) in [5.74, 6) is 0. The molecule has 0 aliphatic rings. The van der Waals surface area contributed by atoms with Gasteiger partial charge in [0.15, 0.2) is 0 Å². The van der Waals surface area contributed by atoms with Gasteiger partial charge in [0.25, 0.3) is 0 Å². The summed E-state index contributed by atoms with van der Waals surface area (Å²) in [7, 11) is 0. The fraction of sp³-hybridized carbons (Fsp3) is 0.286. The van der Waals surface area contributed by atoms with Crippen molar-refractivity contribution in [1.29, 1.82) is 0 Å². The third kappa shape index (κ3) is 1.93. The van der Waals surface area contributed by atoms with Crippen molar-refractivity contribution in [3.63, 3.8) is 0 Å². The lowest BCUT2D eigenvalue weighted by molar-refractivity contribution is -0.108. The second-order valence-corrected chi connectivity index (χ2v) is 3.12. The van der Waals surface area contributed by atoms with Crippen LogP contribution in [-0.4, -0.2) is 12.3 Å². The van der Waals surface area contributed by atoms with E-state index < -0.39 is 0 Å². The number of carbonyl (C=O) groups is 1. The van der Waals surface area contributed by atoms with E-state index in [9.17, 15) is 4.79 Å². The van der Waals surface area contributed by atoms with Crippen molar-refractivity contribution in [2.75, 3.05) is 0 Å². The fourth-order valence-corrected chi connectivity index (χ4v) is 1.49. The number of nitrogens with two attached hydrogens (primary N) is 1. The maximum absolute atomic E-state index is 10.1. The van der Waals surface area contributed by atoms with Gasteiger partial charge in [-0.3, -0.25) is 0 Å². The van der Waals surface area contributed by atoms with Gasteiger partial charge in [-0.05, 0) is 11.4 Å². The number of rotatable bonds is 3. The third-order valence-corrected chi connectivity index (χ3v) is 2.09. The quantitative estimate of drug-likeness (QED) is 0.656. The molecule has 0 unspecified atom stereocenters. The lowest BCUT2D eigenvalue weighted by atomic mass is 10.2. The highest BCUT2D eigenvalue weighted by Gasteiger charge is 2.01. The lowest BCUT2D eigenvalue weighted by Gasteiger charge is -1.98. The molecule has 54 valence electrons. The van der Waals surface area contributed by atoms with Crippen molar-refractivity contribution in [1.82, 2.24) is 0 Å². The number of hydrogen-bond donors (Lipinski definition) is 1. The van der Waals surface area contributed by atoms with Gasteiger partial charge >= 0.3 is 0 Å². The Balaban J connectivity index is 2.47. The Labute approximate surface area is 63.7 Å². The second-order valence-electron chi connectivity index (χ2n) is 2.08. The summed E-state index contributed by atoms with van der Waals surface area (Å²) in [6.45, 7) is 0. The van der Waals surface area contributed by atoms with Crippen molar-refractivity contribution in [3.8, 4) is 0 Å². The van der Waals surface area contributed by atoms with E-state index in [2.05, 4.69) is 0 Å². The molecule has 0 bridgehead atoms. The number of thiophene rings is 1. The molecule has 1 heterocycles. The number of aldehydes is 1. The summed E-state index contributed by atoms with van der Waals surface area (Å²) < 4.78 is 0. The Bertz CT molecular complexity index is 195. The van der Waals surface area contributed by atoms with Gasteiger partial charge in [0.05, 0.1) is 6.04 Å². The van der Waals surface area contributed by atoms with Crippen LogP contribution in [-0.2, 0) is 11.2 Å². The van der Waals surface area contributed by atoms with Gasteiger partial charge in [0, 0.05) is 11.3 Å². The Morgan fingerprint density at radius 3 is 3.10 bits per heavy atom. The van der Waals surface area contributed by atoms with Crippen molar-refractivity contribution in [2.24, 2.45) is 5.73 Å². The van der Waals surface area contributed by atoms with E-state index in [-0.39, 0.29) is 6.04 Å². The average Bonchev–Trinajstić information content (AvgIpc) is 2.40. The van der Waals surface area contributed by atoms with Crippen molar-refractivity contribution >= 4 is 17.6 Å². The molecule has 0 spiro atoms. The van der Waals surface area contributed by atoms with Crippen LogP contribution in [0, 0.1) is 0 Å². The van der Waals surface area contributed by atoms with E-state index >= 15 is 0 Å². The Hall–Kier alpha value is -0.670. The van der Waals surface area contributed by atoms with Crippen molar-refractivity contribution in [3.05, 3.63) is 22.4 Å². The zero-order valence-corrected chi connectivity index (χ0v) is 6.30. The van der Waals surface area contributed by atoms with E-state index in [1.165, 1.54) is 4.88 Å². The molecule has 0 saturated heterocycles. The molecule has 0 aliphatic carbocycles. The molecule has 0 fully saturated rings. The van der Waals surface area contributed by atoms with Crippen molar-refractivity contribution < 1.29 is 4.79 Å². The fourth-order valence-electron chi connectivity index (χ4n) is 0.709. The maximum Gasteiger partial charge on any atom is 0.137 e. The van der Waals surface area contributed by atoms with Crippen LogP contribution in [0.15, 0.2) is 17.5 Å². The van der Waals surface area contributed by atoms with Crippen LogP contribution < -0.4 is 5.73 Å². The normalized spacial score (nSPS) is 12.9. The first-order chi connectivity index (χ1) is 4.83. The molecule has 0 aliphatic heterocycles. The minimum absolute atomic E-state index is 0.335. The van der Waals surface area contributed by atoms with Gasteiger partial charge in [-0.1, -0.05) is 6.07 Å². The standard InChI is InChI=1S/C7H9NOS/c8-6(5-9)4-7-2-1-3-10-7/h1-3,5-6H,4,8H2/t6-/m0/s1. The van der Waals surface area contributed by atoms with E-state index in [1.807, 2.05) is 17.5 Å². The van der Waals surface area contributed by atoms with Crippen molar-refractivity contribution in [2.45, 2.75) is 12.5 Å². The molecule has 10 heavy (non-hydrogen) atoms. The minimum atomic E-state index is -0.335. The largest absolute Gasteiger partial charge is 0.321 e. The van der Waals surface area contributed by atoms with Crippen LogP contribution in [0.5, 0.6) is 0 Å².